The Labute approximate surface area is 160 Å². The zero-order valence-corrected chi connectivity index (χ0v) is 15.2. The van der Waals surface area contributed by atoms with E-state index in [-0.39, 0.29) is 23.9 Å². The van der Waals surface area contributed by atoms with Crippen LogP contribution in [0.3, 0.4) is 0 Å². The Morgan fingerprint density at radius 1 is 1.22 bits per heavy atom. The van der Waals surface area contributed by atoms with Crippen LogP contribution in [0.1, 0.15) is 42.3 Å². The molecule has 3 heterocycles. The lowest BCUT2D eigenvalue weighted by molar-refractivity contribution is -0.162. The molecule has 1 saturated heterocycles. The summed E-state index contributed by atoms with van der Waals surface area (Å²) < 4.78 is 13.8. The third-order valence-corrected chi connectivity index (χ3v) is 5.62. The van der Waals surface area contributed by atoms with Crippen molar-refractivity contribution >= 4 is 28.7 Å². The van der Waals surface area contributed by atoms with Gasteiger partial charge < -0.3 is 9.47 Å². The SMILES string of the molecule is O=C(O[C@H]1C[C@]2(CC[C@H](n3cnc4c(Cl)ncnc43)O2)C1)c1ccccc1. The number of hydrogen-bond donors (Lipinski definition) is 0. The van der Waals surface area contributed by atoms with Crippen molar-refractivity contribution in [2.24, 2.45) is 0 Å². The summed E-state index contributed by atoms with van der Waals surface area (Å²) in [5, 5.41) is 0.336. The second kappa shape index (κ2) is 6.28. The molecule has 3 aromatic rings. The molecule has 1 atom stereocenters. The van der Waals surface area contributed by atoms with Crippen molar-refractivity contribution in [1.29, 1.82) is 0 Å². The van der Waals surface area contributed by atoms with Crippen molar-refractivity contribution < 1.29 is 14.3 Å². The fraction of sp³-hybridized carbons (Fsp3) is 0.368. The Kier molecular flexibility index (Phi) is 3.87. The van der Waals surface area contributed by atoms with Gasteiger partial charge in [-0.1, -0.05) is 29.8 Å². The Morgan fingerprint density at radius 3 is 2.85 bits per heavy atom. The lowest BCUT2D eigenvalue weighted by Crippen LogP contribution is -2.48. The highest BCUT2D eigenvalue weighted by atomic mass is 35.5. The van der Waals surface area contributed by atoms with Crippen molar-refractivity contribution in [3.8, 4) is 0 Å². The zero-order valence-electron chi connectivity index (χ0n) is 14.4. The predicted molar refractivity (Wildman–Crippen MR) is 97.3 cm³/mol. The summed E-state index contributed by atoms with van der Waals surface area (Å²) in [6, 6.07) is 9.05. The molecule has 5 rings (SSSR count). The van der Waals surface area contributed by atoms with Gasteiger partial charge in [0, 0.05) is 12.8 Å². The van der Waals surface area contributed by atoms with Crippen LogP contribution in [0.25, 0.3) is 11.2 Å². The second-order valence-corrected chi connectivity index (χ2v) is 7.44. The van der Waals surface area contributed by atoms with Gasteiger partial charge in [0.2, 0.25) is 0 Å². The number of rotatable bonds is 3. The van der Waals surface area contributed by atoms with Gasteiger partial charge in [-0.25, -0.2) is 19.7 Å². The molecule has 0 radical (unpaired) electrons. The van der Waals surface area contributed by atoms with Crippen molar-refractivity contribution in [3.63, 3.8) is 0 Å². The number of imidazole rings is 1. The number of esters is 1. The standard InChI is InChI=1S/C19H17ClN4O3/c20-16-15-17(22-10-21-16)24(11-23-15)14-6-7-19(27-14)8-13(9-19)26-18(25)12-4-2-1-3-5-12/h1-5,10-11,13-14H,6-9H2/t13-,14-,19+/m1/s1. The van der Waals surface area contributed by atoms with Crippen molar-refractivity contribution in [3.05, 3.63) is 53.7 Å². The van der Waals surface area contributed by atoms with E-state index in [0.29, 0.717) is 34.7 Å². The van der Waals surface area contributed by atoms with Crippen LogP contribution in [0, 0.1) is 0 Å². The maximum atomic E-state index is 12.2. The third kappa shape index (κ3) is 2.87. The van der Waals surface area contributed by atoms with Gasteiger partial charge in [-0.05, 0) is 25.0 Å². The van der Waals surface area contributed by atoms with Gasteiger partial charge >= 0.3 is 5.97 Å². The van der Waals surface area contributed by atoms with E-state index >= 15 is 0 Å². The van der Waals surface area contributed by atoms with Gasteiger partial charge in [0.05, 0.1) is 17.5 Å². The molecule has 0 bridgehead atoms. The van der Waals surface area contributed by atoms with E-state index in [9.17, 15) is 4.79 Å². The number of ether oxygens (including phenoxy) is 2. The Hall–Kier alpha value is -2.51. The average molecular weight is 385 g/mol. The monoisotopic (exact) mass is 384 g/mol. The quantitative estimate of drug-likeness (QED) is 0.507. The van der Waals surface area contributed by atoms with Crippen molar-refractivity contribution in [2.75, 3.05) is 0 Å². The van der Waals surface area contributed by atoms with Crippen molar-refractivity contribution in [1.82, 2.24) is 19.5 Å². The molecule has 27 heavy (non-hydrogen) atoms. The fourth-order valence-electron chi connectivity index (χ4n) is 3.97. The molecule has 1 aliphatic carbocycles. The summed E-state index contributed by atoms with van der Waals surface area (Å²) in [7, 11) is 0. The van der Waals surface area contributed by atoms with E-state index in [1.807, 2.05) is 22.8 Å². The summed E-state index contributed by atoms with van der Waals surface area (Å²) in [6.07, 6.45) is 6.06. The number of nitrogens with zero attached hydrogens (tertiary/aromatic N) is 4. The van der Waals surface area contributed by atoms with Crippen LogP contribution in [0.15, 0.2) is 43.0 Å². The summed E-state index contributed by atoms with van der Waals surface area (Å²) in [4.78, 5) is 24.7. The lowest BCUT2D eigenvalue weighted by atomic mass is 9.75. The Balaban J connectivity index is 1.24. The number of carbonyl (C=O) groups excluding carboxylic acids is 1. The Morgan fingerprint density at radius 2 is 2.04 bits per heavy atom. The van der Waals surface area contributed by atoms with Crippen LogP contribution in [-0.2, 0) is 9.47 Å². The highest BCUT2D eigenvalue weighted by Crippen LogP contribution is 2.50. The van der Waals surface area contributed by atoms with Crippen LogP contribution in [0.4, 0.5) is 0 Å². The molecular weight excluding hydrogens is 368 g/mol. The molecule has 1 aromatic carbocycles. The van der Waals surface area contributed by atoms with Gasteiger partial charge in [-0.2, -0.15) is 0 Å². The van der Waals surface area contributed by atoms with Crippen LogP contribution in [0.5, 0.6) is 0 Å². The molecule has 2 aromatic heterocycles. The summed E-state index contributed by atoms with van der Waals surface area (Å²) in [6.45, 7) is 0. The first-order valence-electron chi connectivity index (χ1n) is 8.90. The molecule has 1 spiro atoms. The maximum absolute atomic E-state index is 12.2. The first kappa shape index (κ1) is 16.6. The topological polar surface area (TPSA) is 79.1 Å². The first-order chi connectivity index (χ1) is 13.1. The highest BCUT2D eigenvalue weighted by molar-refractivity contribution is 6.33. The minimum Gasteiger partial charge on any atom is -0.459 e. The molecular formula is C19H17ClN4O3. The number of carbonyl (C=O) groups is 1. The van der Waals surface area contributed by atoms with Gasteiger partial charge in [0.25, 0.3) is 0 Å². The summed E-state index contributed by atoms with van der Waals surface area (Å²) >= 11 is 6.07. The summed E-state index contributed by atoms with van der Waals surface area (Å²) in [5.41, 5.74) is 1.58. The molecule has 1 aliphatic heterocycles. The van der Waals surface area contributed by atoms with E-state index in [4.69, 9.17) is 21.1 Å². The van der Waals surface area contributed by atoms with E-state index in [1.165, 1.54) is 6.33 Å². The molecule has 2 aliphatic rings. The van der Waals surface area contributed by atoms with Crippen molar-refractivity contribution in [2.45, 2.75) is 43.6 Å². The summed E-state index contributed by atoms with van der Waals surface area (Å²) in [5.74, 6) is -0.281. The smallest absolute Gasteiger partial charge is 0.338 e. The molecule has 7 nitrogen and oxygen atoms in total. The van der Waals surface area contributed by atoms with Gasteiger partial charge in [-0.3, -0.25) is 4.57 Å². The van der Waals surface area contributed by atoms with Crippen LogP contribution in [-0.4, -0.2) is 37.2 Å². The predicted octanol–water partition coefficient (Wildman–Crippen LogP) is 3.55. The minimum absolute atomic E-state index is 0.104. The third-order valence-electron chi connectivity index (χ3n) is 5.34. The van der Waals surface area contributed by atoms with E-state index in [1.54, 1.807) is 18.5 Å². The molecule has 8 heteroatoms. The average Bonchev–Trinajstić information content (AvgIpc) is 3.27. The van der Waals surface area contributed by atoms with E-state index in [0.717, 1.165) is 12.8 Å². The molecule has 138 valence electrons. The minimum atomic E-state index is -0.281. The number of fused-ring (bicyclic) bond motifs is 1. The Bertz CT molecular complexity index is 1000. The maximum Gasteiger partial charge on any atom is 0.338 e. The van der Waals surface area contributed by atoms with E-state index in [2.05, 4.69) is 15.0 Å². The first-order valence-corrected chi connectivity index (χ1v) is 9.28. The molecule has 1 saturated carbocycles. The molecule has 2 fully saturated rings. The lowest BCUT2D eigenvalue weighted by Gasteiger charge is -2.43. The fourth-order valence-corrected chi connectivity index (χ4v) is 4.15. The molecule has 0 N–H and O–H groups in total. The number of halogens is 1. The van der Waals surface area contributed by atoms with Crippen LogP contribution < -0.4 is 0 Å². The largest absolute Gasteiger partial charge is 0.459 e. The van der Waals surface area contributed by atoms with Crippen LogP contribution >= 0.6 is 11.6 Å². The second-order valence-electron chi connectivity index (χ2n) is 7.08. The zero-order chi connectivity index (χ0) is 18.4. The van der Waals surface area contributed by atoms with Gasteiger partial charge in [0.1, 0.15) is 24.2 Å². The van der Waals surface area contributed by atoms with E-state index < -0.39 is 0 Å². The number of benzene rings is 1. The van der Waals surface area contributed by atoms with Crippen LogP contribution in [0.2, 0.25) is 5.15 Å². The number of aromatic nitrogens is 4. The molecule has 0 amide bonds. The highest BCUT2D eigenvalue weighted by Gasteiger charge is 2.52. The van der Waals surface area contributed by atoms with Gasteiger partial charge in [-0.15, -0.1) is 0 Å². The molecule has 0 unspecified atom stereocenters. The normalized spacial score (nSPS) is 27.0. The van der Waals surface area contributed by atoms with Gasteiger partial charge in [0.15, 0.2) is 10.8 Å². The number of hydrogen-bond acceptors (Lipinski definition) is 6.